The van der Waals surface area contributed by atoms with Gasteiger partial charge in [-0.25, -0.2) is 9.78 Å². The van der Waals surface area contributed by atoms with Crippen LogP contribution in [0.3, 0.4) is 0 Å². The molecule has 2 aromatic carbocycles. The Balaban J connectivity index is 1.32. The summed E-state index contributed by atoms with van der Waals surface area (Å²) in [5.74, 6) is -0.0926. The van der Waals surface area contributed by atoms with E-state index >= 15 is 0 Å². The number of hydrogen-bond acceptors (Lipinski definition) is 5. The van der Waals surface area contributed by atoms with Crippen LogP contribution in [0.4, 0.5) is 4.79 Å². The molecule has 2 N–H and O–H groups in total. The van der Waals surface area contributed by atoms with Crippen LogP contribution in [0.2, 0.25) is 0 Å². The highest BCUT2D eigenvalue weighted by atomic mass is 16.6. The van der Waals surface area contributed by atoms with Crippen LogP contribution in [0.25, 0.3) is 10.9 Å². The lowest BCUT2D eigenvalue weighted by Crippen LogP contribution is -2.46. The van der Waals surface area contributed by atoms with Crippen molar-refractivity contribution in [3.8, 4) is 0 Å². The molecule has 1 aliphatic carbocycles. The van der Waals surface area contributed by atoms with Crippen molar-refractivity contribution in [3.63, 3.8) is 0 Å². The van der Waals surface area contributed by atoms with Gasteiger partial charge in [0.25, 0.3) is 5.56 Å². The third kappa shape index (κ3) is 2.98. The van der Waals surface area contributed by atoms with Gasteiger partial charge in [0.2, 0.25) is 0 Å². The first-order chi connectivity index (χ1) is 14.0. The van der Waals surface area contributed by atoms with E-state index in [-0.39, 0.29) is 30.2 Å². The smallest absolute Gasteiger partial charge is 0.410 e. The van der Waals surface area contributed by atoms with Gasteiger partial charge >= 0.3 is 6.09 Å². The van der Waals surface area contributed by atoms with Gasteiger partial charge in [0.05, 0.1) is 22.8 Å². The fourth-order valence-corrected chi connectivity index (χ4v) is 4.70. The average molecular weight is 391 g/mol. The molecule has 1 amide bonds. The van der Waals surface area contributed by atoms with Crippen LogP contribution < -0.4 is 5.56 Å². The number of carbonyl (C=O) groups is 1. The lowest BCUT2D eigenvalue weighted by Gasteiger charge is -2.37. The normalized spacial score (nSPS) is 25.5. The van der Waals surface area contributed by atoms with Crippen molar-refractivity contribution >= 4 is 17.0 Å². The number of aromatic nitrogens is 2. The van der Waals surface area contributed by atoms with Crippen molar-refractivity contribution in [1.29, 1.82) is 0 Å². The molecule has 2 fully saturated rings. The molecule has 7 nitrogen and oxygen atoms in total. The van der Waals surface area contributed by atoms with Gasteiger partial charge in [0.1, 0.15) is 6.61 Å². The van der Waals surface area contributed by atoms with Gasteiger partial charge in [-0.2, -0.15) is 0 Å². The molecule has 1 aromatic heterocycles. The summed E-state index contributed by atoms with van der Waals surface area (Å²) in [6, 6.07) is 14.8. The number of benzene rings is 2. The maximum absolute atomic E-state index is 12.5. The molecule has 3 atom stereocenters. The molecule has 2 aliphatic rings. The van der Waals surface area contributed by atoms with E-state index in [0.29, 0.717) is 29.4 Å². The van der Waals surface area contributed by atoms with E-state index in [2.05, 4.69) is 9.97 Å². The van der Waals surface area contributed by atoms with Gasteiger partial charge in [0.15, 0.2) is 0 Å². The fourth-order valence-electron chi connectivity index (χ4n) is 4.70. The summed E-state index contributed by atoms with van der Waals surface area (Å²) in [6.45, 7) is 0.675. The van der Waals surface area contributed by atoms with Gasteiger partial charge in [-0.3, -0.25) is 4.79 Å². The molecular formula is C22H21N3O4. The highest BCUT2D eigenvalue weighted by molar-refractivity contribution is 5.78. The van der Waals surface area contributed by atoms with E-state index in [9.17, 15) is 14.7 Å². The number of carbonyl (C=O) groups excluding carboxylic acids is 1. The zero-order valence-corrected chi connectivity index (χ0v) is 15.7. The van der Waals surface area contributed by atoms with Crippen LogP contribution in [-0.2, 0) is 16.9 Å². The van der Waals surface area contributed by atoms with E-state index in [0.717, 1.165) is 12.0 Å². The van der Waals surface area contributed by atoms with Crippen LogP contribution in [0.1, 0.15) is 24.0 Å². The van der Waals surface area contributed by atoms with E-state index in [1.54, 1.807) is 17.0 Å². The predicted molar refractivity (Wildman–Crippen MR) is 106 cm³/mol. The average Bonchev–Trinajstić information content (AvgIpc) is 3.31. The minimum absolute atomic E-state index is 0.0730. The number of amides is 1. The van der Waals surface area contributed by atoms with Crippen molar-refractivity contribution < 1.29 is 14.6 Å². The van der Waals surface area contributed by atoms with Gasteiger partial charge < -0.3 is 19.7 Å². The zero-order chi connectivity index (χ0) is 20.0. The molecule has 3 aromatic rings. The highest BCUT2D eigenvalue weighted by Gasteiger charge is 2.56. The first kappa shape index (κ1) is 17.9. The maximum atomic E-state index is 12.5. The van der Waals surface area contributed by atoms with Crippen LogP contribution in [0.5, 0.6) is 0 Å². The molecule has 29 heavy (non-hydrogen) atoms. The SMILES string of the molecule is O=C(OCc1ccccc1)N1CC2CC1CC2(O)c1ccc2nc[nH]c(=O)c2c1. The quantitative estimate of drug-likeness (QED) is 0.715. The van der Waals surface area contributed by atoms with Crippen molar-refractivity contribution in [1.82, 2.24) is 14.9 Å². The molecule has 2 bridgehead atoms. The molecule has 3 unspecified atom stereocenters. The summed E-state index contributed by atoms with van der Waals surface area (Å²) < 4.78 is 5.46. The summed E-state index contributed by atoms with van der Waals surface area (Å²) in [5, 5.41) is 11.9. The van der Waals surface area contributed by atoms with Gasteiger partial charge in [0, 0.05) is 24.9 Å². The minimum atomic E-state index is -1.06. The molecule has 5 rings (SSSR count). The summed E-state index contributed by atoms with van der Waals surface area (Å²) in [7, 11) is 0. The van der Waals surface area contributed by atoms with E-state index < -0.39 is 5.60 Å². The molecular weight excluding hydrogens is 370 g/mol. The molecule has 148 valence electrons. The first-order valence-electron chi connectivity index (χ1n) is 9.72. The number of rotatable bonds is 3. The number of piperidine rings is 1. The van der Waals surface area contributed by atoms with Gasteiger partial charge in [-0.05, 0) is 29.7 Å². The van der Waals surface area contributed by atoms with Crippen LogP contribution in [0.15, 0.2) is 59.7 Å². The van der Waals surface area contributed by atoms with Gasteiger partial charge in [-0.1, -0.05) is 36.4 Å². The number of ether oxygens (including phenoxy) is 1. The molecule has 1 aliphatic heterocycles. The summed E-state index contributed by atoms with van der Waals surface area (Å²) in [6.07, 6.45) is 2.18. The molecule has 0 radical (unpaired) electrons. The number of hydrogen-bond donors (Lipinski definition) is 2. The summed E-state index contributed by atoms with van der Waals surface area (Å²) >= 11 is 0. The molecule has 0 spiro atoms. The second-order valence-electron chi connectivity index (χ2n) is 7.87. The second-order valence-corrected chi connectivity index (χ2v) is 7.87. The molecule has 2 heterocycles. The third-order valence-electron chi connectivity index (χ3n) is 6.22. The Bertz CT molecular complexity index is 1130. The van der Waals surface area contributed by atoms with E-state index in [1.165, 1.54) is 6.33 Å². The van der Waals surface area contributed by atoms with E-state index in [1.807, 2.05) is 36.4 Å². The largest absolute Gasteiger partial charge is 0.445 e. The lowest BCUT2D eigenvalue weighted by atomic mass is 9.82. The molecule has 1 saturated carbocycles. The Hall–Kier alpha value is -3.19. The Labute approximate surface area is 167 Å². The number of H-pyrrole nitrogens is 1. The Morgan fingerprint density at radius 2 is 2.10 bits per heavy atom. The highest BCUT2D eigenvalue weighted by Crippen LogP contribution is 2.50. The van der Waals surface area contributed by atoms with Crippen molar-refractivity contribution in [2.24, 2.45) is 5.92 Å². The summed E-state index contributed by atoms with van der Waals surface area (Å²) in [4.78, 5) is 33.1. The number of fused-ring (bicyclic) bond motifs is 3. The fraction of sp³-hybridized carbons (Fsp3) is 0.318. The Morgan fingerprint density at radius 3 is 2.86 bits per heavy atom. The van der Waals surface area contributed by atoms with E-state index in [4.69, 9.17) is 4.74 Å². The number of aliphatic hydroxyl groups is 1. The number of nitrogens with zero attached hydrogens (tertiary/aromatic N) is 2. The summed E-state index contributed by atoms with van der Waals surface area (Å²) in [5.41, 5.74) is 0.951. The van der Waals surface area contributed by atoms with Crippen molar-refractivity contribution in [2.75, 3.05) is 6.54 Å². The van der Waals surface area contributed by atoms with Crippen LogP contribution in [0, 0.1) is 5.92 Å². The van der Waals surface area contributed by atoms with Crippen LogP contribution >= 0.6 is 0 Å². The Morgan fingerprint density at radius 1 is 1.28 bits per heavy atom. The third-order valence-corrected chi connectivity index (χ3v) is 6.22. The standard InChI is InChI=1S/C22H21N3O4/c26-20-18-9-15(6-7-19(18)23-13-24-20)22(28)10-17-8-16(22)11-25(17)21(27)29-12-14-4-2-1-3-5-14/h1-7,9,13,16-17,28H,8,10-12H2,(H,23,24,26). The predicted octanol–water partition coefficient (Wildman–Crippen LogP) is 2.54. The van der Waals surface area contributed by atoms with Crippen LogP contribution in [-0.4, -0.2) is 38.7 Å². The number of likely N-dealkylation sites (tertiary alicyclic amines) is 1. The Kier molecular flexibility index (Phi) is 4.13. The zero-order valence-electron chi connectivity index (χ0n) is 15.7. The lowest BCUT2D eigenvalue weighted by molar-refractivity contribution is -0.0363. The monoisotopic (exact) mass is 391 g/mol. The topological polar surface area (TPSA) is 95.5 Å². The first-order valence-corrected chi connectivity index (χ1v) is 9.72. The number of aromatic amines is 1. The molecule has 1 saturated heterocycles. The van der Waals surface area contributed by atoms with Crippen molar-refractivity contribution in [3.05, 3.63) is 76.3 Å². The second kappa shape index (κ2) is 6.70. The van der Waals surface area contributed by atoms with Crippen molar-refractivity contribution in [2.45, 2.75) is 31.1 Å². The minimum Gasteiger partial charge on any atom is -0.445 e. The number of nitrogens with one attached hydrogen (secondary N) is 1. The van der Waals surface area contributed by atoms with Gasteiger partial charge in [-0.15, -0.1) is 0 Å². The maximum Gasteiger partial charge on any atom is 0.410 e. The molecule has 7 heteroatoms.